The van der Waals surface area contributed by atoms with Crippen LogP contribution in [0.5, 0.6) is 0 Å². The van der Waals surface area contributed by atoms with E-state index in [-0.39, 0.29) is 6.61 Å². The number of para-hydroxylation sites is 1. The van der Waals surface area contributed by atoms with Gasteiger partial charge in [-0.05, 0) is 13.0 Å². The van der Waals surface area contributed by atoms with Gasteiger partial charge in [0.2, 0.25) is 0 Å². The molecule has 0 fully saturated rings. The highest BCUT2D eigenvalue weighted by Gasteiger charge is 2.20. The van der Waals surface area contributed by atoms with Crippen molar-refractivity contribution >= 4 is 11.4 Å². The highest BCUT2D eigenvalue weighted by atomic mass is 16.3. The summed E-state index contributed by atoms with van der Waals surface area (Å²) in [6.07, 6.45) is 0. The average Bonchev–Trinajstić information content (AvgIpc) is 2.23. The van der Waals surface area contributed by atoms with Gasteiger partial charge in [-0.15, -0.1) is 0 Å². The molecule has 1 atom stereocenters. The summed E-state index contributed by atoms with van der Waals surface area (Å²) in [5, 5.41) is 12.5. The second kappa shape index (κ2) is 3.50. The first-order valence-corrected chi connectivity index (χ1v) is 4.93. The molecule has 3 heteroatoms. The van der Waals surface area contributed by atoms with Gasteiger partial charge in [0, 0.05) is 25.2 Å². The van der Waals surface area contributed by atoms with E-state index in [2.05, 4.69) is 30.3 Å². The molecule has 1 heterocycles. The maximum absolute atomic E-state index is 9.19. The lowest BCUT2D eigenvalue weighted by Gasteiger charge is -2.35. The molecule has 1 unspecified atom stereocenters. The van der Waals surface area contributed by atoms with Gasteiger partial charge in [0.25, 0.3) is 0 Å². The van der Waals surface area contributed by atoms with Crippen LogP contribution in [0.25, 0.3) is 0 Å². The second-order valence-electron chi connectivity index (χ2n) is 3.81. The Kier molecular flexibility index (Phi) is 2.33. The first kappa shape index (κ1) is 9.34. The number of fused-ring (bicyclic) bond motifs is 1. The smallest absolute Gasteiger partial charge is 0.0702 e. The highest BCUT2D eigenvalue weighted by molar-refractivity contribution is 5.75. The number of nitrogens with one attached hydrogen (secondary N) is 1. The van der Waals surface area contributed by atoms with Crippen molar-refractivity contribution in [2.24, 2.45) is 0 Å². The molecule has 0 aliphatic carbocycles. The molecular weight excluding hydrogens is 176 g/mol. The number of nitrogens with zero attached hydrogens (tertiary/aromatic N) is 1. The Balaban J connectivity index is 2.47. The van der Waals surface area contributed by atoms with Gasteiger partial charge in [0.05, 0.1) is 18.0 Å². The van der Waals surface area contributed by atoms with Crippen LogP contribution in [-0.2, 0) is 6.61 Å². The summed E-state index contributed by atoms with van der Waals surface area (Å²) in [5.74, 6) is 0. The van der Waals surface area contributed by atoms with Crippen LogP contribution in [-0.4, -0.2) is 24.7 Å². The quantitative estimate of drug-likeness (QED) is 0.706. The molecule has 1 aliphatic heterocycles. The van der Waals surface area contributed by atoms with E-state index in [1.54, 1.807) is 0 Å². The Morgan fingerprint density at radius 2 is 2.36 bits per heavy atom. The van der Waals surface area contributed by atoms with Gasteiger partial charge in [0.15, 0.2) is 0 Å². The third-order valence-corrected chi connectivity index (χ3v) is 2.91. The van der Waals surface area contributed by atoms with Crippen LogP contribution >= 0.6 is 0 Å². The third kappa shape index (κ3) is 1.34. The van der Waals surface area contributed by atoms with Gasteiger partial charge in [-0.3, -0.25) is 0 Å². The standard InChI is InChI=1S/C11H16N2O/c1-8-6-12-11-9(7-14)4-3-5-10(11)13(8)2/h3-5,8,12,14H,6-7H2,1-2H3. The summed E-state index contributed by atoms with van der Waals surface area (Å²) < 4.78 is 0. The average molecular weight is 192 g/mol. The maximum Gasteiger partial charge on any atom is 0.0702 e. The summed E-state index contributed by atoms with van der Waals surface area (Å²) in [5.41, 5.74) is 3.23. The fourth-order valence-corrected chi connectivity index (χ4v) is 1.84. The van der Waals surface area contributed by atoms with Gasteiger partial charge in [-0.25, -0.2) is 0 Å². The van der Waals surface area contributed by atoms with E-state index in [1.807, 2.05) is 12.1 Å². The molecule has 2 rings (SSSR count). The zero-order valence-electron chi connectivity index (χ0n) is 8.62. The lowest BCUT2D eigenvalue weighted by atomic mass is 10.1. The van der Waals surface area contributed by atoms with E-state index in [0.717, 1.165) is 17.8 Å². The minimum atomic E-state index is 0.0956. The minimum Gasteiger partial charge on any atom is -0.392 e. The summed E-state index contributed by atoms with van der Waals surface area (Å²) in [6.45, 7) is 3.21. The van der Waals surface area contributed by atoms with Crippen molar-refractivity contribution in [3.63, 3.8) is 0 Å². The summed E-state index contributed by atoms with van der Waals surface area (Å²) in [4.78, 5) is 2.24. The molecule has 14 heavy (non-hydrogen) atoms. The van der Waals surface area contributed by atoms with Crippen molar-refractivity contribution in [1.29, 1.82) is 0 Å². The SMILES string of the molecule is CC1CNc2c(CO)cccc2N1C. The number of likely N-dealkylation sites (N-methyl/N-ethyl adjacent to an activating group) is 1. The summed E-state index contributed by atoms with van der Waals surface area (Å²) >= 11 is 0. The lowest BCUT2D eigenvalue weighted by molar-refractivity contribution is 0.282. The van der Waals surface area contributed by atoms with Crippen LogP contribution in [0.2, 0.25) is 0 Å². The molecule has 0 amide bonds. The zero-order chi connectivity index (χ0) is 10.1. The number of aliphatic hydroxyl groups is 1. The molecule has 0 saturated carbocycles. The summed E-state index contributed by atoms with van der Waals surface area (Å²) in [6, 6.07) is 6.52. The van der Waals surface area contributed by atoms with Crippen molar-refractivity contribution in [3.05, 3.63) is 23.8 Å². The van der Waals surface area contributed by atoms with Crippen LogP contribution in [0.3, 0.4) is 0 Å². The number of hydrogen-bond acceptors (Lipinski definition) is 3. The predicted molar refractivity (Wildman–Crippen MR) is 58.7 cm³/mol. The fourth-order valence-electron chi connectivity index (χ4n) is 1.84. The first-order valence-electron chi connectivity index (χ1n) is 4.93. The zero-order valence-corrected chi connectivity index (χ0v) is 8.62. The Hall–Kier alpha value is -1.22. The molecule has 1 aromatic rings. The Morgan fingerprint density at radius 3 is 3.07 bits per heavy atom. The van der Waals surface area contributed by atoms with Crippen LogP contribution in [0.1, 0.15) is 12.5 Å². The second-order valence-corrected chi connectivity index (χ2v) is 3.81. The van der Waals surface area contributed by atoms with Crippen molar-refractivity contribution in [2.45, 2.75) is 19.6 Å². The number of hydrogen-bond donors (Lipinski definition) is 2. The normalized spacial score (nSPS) is 20.2. The van der Waals surface area contributed by atoms with Crippen LogP contribution in [0.15, 0.2) is 18.2 Å². The van der Waals surface area contributed by atoms with E-state index < -0.39 is 0 Å². The Morgan fingerprint density at radius 1 is 1.57 bits per heavy atom. The molecule has 0 saturated heterocycles. The number of rotatable bonds is 1. The van der Waals surface area contributed by atoms with Gasteiger partial charge >= 0.3 is 0 Å². The molecule has 1 aliphatic rings. The Labute approximate surface area is 84.4 Å². The third-order valence-electron chi connectivity index (χ3n) is 2.91. The molecule has 0 spiro atoms. The van der Waals surface area contributed by atoms with Crippen molar-refractivity contribution in [1.82, 2.24) is 0 Å². The maximum atomic E-state index is 9.19. The van der Waals surface area contributed by atoms with E-state index in [4.69, 9.17) is 0 Å². The van der Waals surface area contributed by atoms with Gasteiger partial charge < -0.3 is 15.3 Å². The van der Waals surface area contributed by atoms with Crippen LogP contribution < -0.4 is 10.2 Å². The summed E-state index contributed by atoms with van der Waals surface area (Å²) in [7, 11) is 2.09. The fraction of sp³-hybridized carbons (Fsp3) is 0.455. The van der Waals surface area contributed by atoms with Gasteiger partial charge in [0.1, 0.15) is 0 Å². The molecule has 1 aromatic carbocycles. The number of aliphatic hydroxyl groups excluding tert-OH is 1. The molecule has 3 nitrogen and oxygen atoms in total. The molecular formula is C11H16N2O. The van der Waals surface area contributed by atoms with Gasteiger partial charge in [-0.1, -0.05) is 12.1 Å². The minimum absolute atomic E-state index is 0.0956. The van der Waals surface area contributed by atoms with Gasteiger partial charge in [-0.2, -0.15) is 0 Å². The Bertz CT molecular complexity index is 338. The van der Waals surface area contributed by atoms with Crippen LogP contribution in [0.4, 0.5) is 11.4 Å². The van der Waals surface area contributed by atoms with Crippen molar-refractivity contribution in [3.8, 4) is 0 Å². The lowest BCUT2D eigenvalue weighted by Crippen LogP contribution is -2.39. The molecule has 0 bridgehead atoms. The molecule has 0 radical (unpaired) electrons. The van der Waals surface area contributed by atoms with E-state index >= 15 is 0 Å². The van der Waals surface area contributed by atoms with E-state index in [9.17, 15) is 5.11 Å². The molecule has 76 valence electrons. The van der Waals surface area contributed by atoms with Crippen LogP contribution in [0, 0.1) is 0 Å². The number of anilines is 2. The first-order chi connectivity index (χ1) is 6.74. The predicted octanol–water partition coefficient (Wildman–Crippen LogP) is 1.43. The number of benzene rings is 1. The van der Waals surface area contributed by atoms with Crippen molar-refractivity contribution < 1.29 is 5.11 Å². The monoisotopic (exact) mass is 192 g/mol. The topological polar surface area (TPSA) is 35.5 Å². The van der Waals surface area contributed by atoms with E-state index in [0.29, 0.717) is 6.04 Å². The largest absolute Gasteiger partial charge is 0.392 e. The molecule has 2 N–H and O–H groups in total. The molecule has 0 aromatic heterocycles. The van der Waals surface area contributed by atoms with E-state index in [1.165, 1.54) is 5.69 Å². The highest BCUT2D eigenvalue weighted by Crippen LogP contribution is 2.33. The van der Waals surface area contributed by atoms with Crippen molar-refractivity contribution in [2.75, 3.05) is 23.8 Å².